The van der Waals surface area contributed by atoms with Crippen molar-refractivity contribution in [3.05, 3.63) is 0 Å². The van der Waals surface area contributed by atoms with Crippen molar-refractivity contribution in [3.8, 4) is 0 Å². The molecule has 2 aliphatic rings. The van der Waals surface area contributed by atoms with Gasteiger partial charge >= 0.3 is 0 Å². The van der Waals surface area contributed by atoms with Gasteiger partial charge in [-0.1, -0.05) is 13.8 Å². The molecule has 0 radical (unpaired) electrons. The highest BCUT2D eigenvalue weighted by atomic mass is 35.5. The number of hydrogen-bond acceptors (Lipinski definition) is 3. The van der Waals surface area contributed by atoms with E-state index in [1.54, 1.807) is 0 Å². The lowest BCUT2D eigenvalue weighted by atomic mass is 10.1. The number of rotatable bonds is 4. The van der Waals surface area contributed by atoms with E-state index in [1.807, 2.05) is 4.90 Å². The van der Waals surface area contributed by atoms with Crippen LogP contribution in [0.5, 0.6) is 0 Å². The standard InChI is InChI=1S/C14H26N2O2.ClH/c1-11(2)10-18-12-5-8-16(9-6-12)14(17)13-4-3-7-15-13;/h11-13,15H,3-10H2,1-2H3;1H. The Labute approximate surface area is 122 Å². The molecule has 1 atom stereocenters. The molecule has 0 saturated carbocycles. The first-order valence-electron chi connectivity index (χ1n) is 7.30. The number of ether oxygens (including phenoxy) is 1. The number of nitrogens with zero attached hydrogens (tertiary/aromatic N) is 1. The van der Waals surface area contributed by atoms with Crippen LogP contribution in [0.3, 0.4) is 0 Å². The molecule has 2 rings (SSSR count). The third-order valence-corrected chi connectivity index (χ3v) is 3.78. The molecule has 0 spiro atoms. The Balaban J connectivity index is 0.00000180. The van der Waals surface area contributed by atoms with Gasteiger partial charge in [0.2, 0.25) is 5.91 Å². The summed E-state index contributed by atoms with van der Waals surface area (Å²) in [6.45, 7) is 7.89. The van der Waals surface area contributed by atoms with Crippen LogP contribution in [0.25, 0.3) is 0 Å². The summed E-state index contributed by atoms with van der Waals surface area (Å²) < 4.78 is 5.84. The van der Waals surface area contributed by atoms with E-state index in [4.69, 9.17) is 4.74 Å². The van der Waals surface area contributed by atoms with Gasteiger partial charge < -0.3 is 15.0 Å². The minimum Gasteiger partial charge on any atom is -0.378 e. The van der Waals surface area contributed by atoms with Crippen LogP contribution in [0.2, 0.25) is 0 Å². The number of carbonyl (C=O) groups is 1. The van der Waals surface area contributed by atoms with Gasteiger partial charge in [-0.15, -0.1) is 12.4 Å². The average Bonchev–Trinajstić information content (AvgIpc) is 2.90. The van der Waals surface area contributed by atoms with E-state index < -0.39 is 0 Å². The monoisotopic (exact) mass is 290 g/mol. The van der Waals surface area contributed by atoms with Crippen LogP contribution >= 0.6 is 12.4 Å². The van der Waals surface area contributed by atoms with Crippen molar-refractivity contribution < 1.29 is 9.53 Å². The number of amides is 1. The first-order valence-corrected chi connectivity index (χ1v) is 7.30. The molecular formula is C14H27ClN2O2. The maximum absolute atomic E-state index is 12.2. The Morgan fingerprint density at radius 2 is 2.00 bits per heavy atom. The van der Waals surface area contributed by atoms with Gasteiger partial charge in [0.15, 0.2) is 0 Å². The Morgan fingerprint density at radius 1 is 1.32 bits per heavy atom. The topological polar surface area (TPSA) is 41.6 Å². The second kappa shape index (κ2) is 8.08. The van der Waals surface area contributed by atoms with Crippen LogP contribution in [0, 0.1) is 5.92 Å². The average molecular weight is 291 g/mol. The summed E-state index contributed by atoms with van der Waals surface area (Å²) in [5.74, 6) is 0.891. The molecule has 0 aliphatic carbocycles. The van der Waals surface area contributed by atoms with Gasteiger partial charge in [0, 0.05) is 19.7 Å². The van der Waals surface area contributed by atoms with E-state index in [0.717, 1.165) is 51.9 Å². The molecule has 1 amide bonds. The molecule has 2 heterocycles. The van der Waals surface area contributed by atoms with Gasteiger partial charge in [-0.05, 0) is 38.1 Å². The fraction of sp³-hybridized carbons (Fsp3) is 0.929. The molecule has 2 aliphatic heterocycles. The molecule has 0 aromatic carbocycles. The lowest BCUT2D eigenvalue weighted by Gasteiger charge is -2.33. The zero-order valence-corrected chi connectivity index (χ0v) is 12.9. The molecule has 0 bridgehead atoms. The minimum absolute atomic E-state index is 0. The van der Waals surface area contributed by atoms with E-state index in [-0.39, 0.29) is 18.4 Å². The summed E-state index contributed by atoms with van der Waals surface area (Å²) in [6, 6.07) is 0.0816. The molecule has 4 nitrogen and oxygen atoms in total. The van der Waals surface area contributed by atoms with Gasteiger partial charge in [0.1, 0.15) is 0 Å². The fourth-order valence-corrected chi connectivity index (χ4v) is 2.69. The Morgan fingerprint density at radius 3 is 2.53 bits per heavy atom. The second-order valence-electron chi connectivity index (χ2n) is 5.90. The van der Waals surface area contributed by atoms with Crippen molar-refractivity contribution in [2.24, 2.45) is 5.92 Å². The predicted octanol–water partition coefficient (Wildman–Crippen LogP) is 1.82. The lowest BCUT2D eigenvalue weighted by Crippen LogP contribution is -2.48. The van der Waals surface area contributed by atoms with Crippen LogP contribution in [0.4, 0.5) is 0 Å². The Bertz CT molecular complexity index is 273. The third-order valence-electron chi connectivity index (χ3n) is 3.78. The first-order chi connectivity index (χ1) is 8.66. The van der Waals surface area contributed by atoms with Gasteiger partial charge in [-0.2, -0.15) is 0 Å². The zero-order chi connectivity index (χ0) is 13.0. The van der Waals surface area contributed by atoms with Gasteiger partial charge in [-0.3, -0.25) is 4.79 Å². The van der Waals surface area contributed by atoms with Crippen molar-refractivity contribution in [1.29, 1.82) is 0 Å². The van der Waals surface area contributed by atoms with Crippen LogP contribution in [0.1, 0.15) is 39.5 Å². The van der Waals surface area contributed by atoms with Gasteiger partial charge in [0.05, 0.1) is 12.1 Å². The van der Waals surface area contributed by atoms with E-state index in [2.05, 4.69) is 19.2 Å². The molecule has 2 fully saturated rings. The number of likely N-dealkylation sites (tertiary alicyclic amines) is 1. The van der Waals surface area contributed by atoms with Crippen molar-refractivity contribution in [3.63, 3.8) is 0 Å². The predicted molar refractivity (Wildman–Crippen MR) is 78.7 cm³/mol. The smallest absolute Gasteiger partial charge is 0.239 e. The molecule has 0 aromatic heterocycles. The summed E-state index contributed by atoms with van der Waals surface area (Å²) in [6.07, 6.45) is 4.47. The minimum atomic E-state index is 0. The van der Waals surface area contributed by atoms with Crippen LogP contribution in [0.15, 0.2) is 0 Å². The molecule has 0 aromatic rings. The second-order valence-corrected chi connectivity index (χ2v) is 5.90. The highest BCUT2D eigenvalue weighted by molar-refractivity contribution is 5.85. The quantitative estimate of drug-likeness (QED) is 0.859. The van der Waals surface area contributed by atoms with Crippen LogP contribution in [-0.4, -0.2) is 49.2 Å². The lowest BCUT2D eigenvalue weighted by molar-refractivity contribution is -0.135. The molecular weight excluding hydrogens is 264 g/mol. The van der Waals surface area contributed by atoms with E-state index in [9.17, 15) is 4.79 Å². The van der Waals surface area contributed by atoms with Crippen molar-refractivity contribution in [1.82, 2.24) is 10.2 Å². The Kier molecular flexibility index (Phi) is 7.11. The first kappa shape index (κ1) is 16.7. The summed E-state index contributed by atoms with van der Waals surface area (Å²) >= 11 is 0. The van der Waals surface area contributed by atoms with Crippen molar-refractivity contribution in [2.75, 3.05) is 26.2 Å². The van der Waals surface area contributed by atoms with Gasteiger partial charge in [0.25, 0.3) is 0 Å². The molecule has 112 valence electrons. The fourth-order valence-electron chi connectivity index (χ4n) is 2.69. The highest BCUT2D eigenvalue weighted by Crippen LogP contribution is 2.17. The van der Waals surface area contributed by atoms with Gasteiger partial charge in [-0.25, -0.2) is 0 Å². The SMILES string of the molecule is CC(C)COC1CCN(C(=O)C2CCCN2)CC1.Cl. The number of carbonyl (C=O) groups excluding carboxylic acids is 1. The zero-order valence-electron chi connectivity index (χ0n) is 12.1. The number of hydrogen-bond donors (Lipinski definition) is 1. The van der Waals surface area contributed by atoms with E-state index >= 15 is 0 Å². The maximum Gasteiger partial charge on any atom is 0.239 e. The largest absolute Gasteiger partial charge is 0.378 e. The summed E-state index contributed by atoms with van der Waals surface area (Å²) in [4.78, 5) is 14.2. The number of halogens is 1. The third kappa shape index (κ3) is 4.93. The maximum atomic E-state index is 12.2. The summed E-state index contributed by atoms with van der Waals surface area (Å²) in [5.41, 5.74) is 0. The van der Waals surface area contributed by atoms with Crippen LogP contribution in [-0.2, 0) is 9.53 Å². The number of nitrogens with one attached hydrogen (secondary N) is 1. The Hall–Kier alpha value is -0.320. The normalized spacial score (nSPS) is 24.6. The van der Waals surface area contributed by atoms with E-state index in [0.29, 0.717) is 17.9 Å². The van der Waals surface area contributed by atoms with E-state index in [1.165, 1.54) is 0 Å². The molecule has 1 unspecified atom stereocenters. The molecule has 2 saturated heterocycles. The highest BCUT2D eigenvalue weighted by Gasteiger charge is 2.29. The van der Waals surface area contributed by atoms with Crippen molar-refractivity contribution in [2.45, 2.75) is 51.7 Å². The summed E-state index contributed by atoms with van der Waals surface area (Å²) in [5, 5.41) is 3.28. The van der Waals surface area contributed by atoms with Crippen molar-refractivity contribution >= 4 is 18.3 Å². The molecule has 1 N–H and O–H groups in total. The van der Waals surface area contributed by atoms with Crippen LogP contribution < -0.4 is 5.32 Å². The molecule has 19 heavy (non-hydrogen) atoms. The summed E-state index contributed by atoms with van der Waals surface area (Å²) in [7, 11) is 0. The molecule has 5 heteroatoms. The number of piperidine rings is 1.